The van der Waals surface area contributed by atoms with Crippen molar-refractivity contribution < 1.29 is 4.39 Å². The maximum atomic E-state index is 12.9. The molecule has 0 atom stereocenters. The van der Waals surface area contributed by atoms with Gasteiger partial charge in [0.2, 0.25) is 0 Å². The molecule has 19 heavy (non-hydrogen) atoms. The van der Waals surface area contributed by atoms with Crippen LogP contribution in [0.25, 0.3) is 0 Å². The van der Waals surface area contributed by atoms with E-state index in [0.717, 1.165) is 14.8 Å². The van der Waals surface area contributed by atoms with Gasteiger partial charge in [-0.25, -0.2) is 14.4 Å². The first-order chi connectivity index (χ1) is 8.97. The Hall–Kier alpha value is -1.24. The molecule has 0 aliphatic carbocycles. The second-order valence-electron chi connectivity index (χ2n) is 4.68. The van der Waals surface area contributed by atoms with E-state index in [9.17, 15) is 4.39 Å². The number of nitrogens with zero attached hydrogens (tertiary/aromatic N) is 2. The summed E-state index contributed by atoms with van der Waals surface area (Å²) >= 11 is 2.17. The number of hydrogen-bond donors (Lipinski definition) is 1. The van der Waals surface area contributed by atoms with Crippen LogP contribution in [0.4, 0.5) is 10.2 Å². The minimum Gasteiger partial charge on any atom is -0.383 e. The highest BCUT2D eigenvalue weighted by atomic mass is 127. The fourth-order valence-electron chi connectivity index (χ4n) is 1.78. The highest BCUT2D eigenvalue weighted by molar-refractivity contribution is 14.1. The van der Waals surface area contributed by atoms with E-state index >= 15 is 0 Å². The van der Waals surface area contributed by atoms with Crippen LogP contribution >= 0.6 is 22.6 Å². The Morgan fingerprint density at radius 1 is 1.21 bits per heavy atom. The summed E-state index contributed by atoms with van der Waals surface area (Å²) in [5.74, 6) is 1.24. The third kappa shape index (κ3) is 3.40. The van der Waals surface area contributed by atoms with Gasteiger partial charge in [0.25, 0.3) is 0 Å². The van der Waals surface area contributed by atoms with Gasteiger partial charge in [0, 0.05) is 6.42 Å². The number of rotatable bonds is 3. The van der Waals surface area contributed by atoms with Crippen LogP contribution in [0.1, 0.15) is 36.8 Å². The third-order valence-electron chi connectivity index (χ3n) is 2.77. The van der Waals surface area contributed by atoms with Crippen molar-refractivity contribution in [3.05, 3.63) is 50.7 Å². The van der Waals surface area contributed by atoms with Crippen molar-refractivity contribution in [3.8, 4) is 0 Å². The van der Waals surface area contributed by atoms with Gasteiger partial charge >= 0.3 is 0 Å². The first kappa shape index (κ1) is 14.2. The molecule has 100 valence electrons. The molecular weight excluding hydrogens is 356 g/mol. The molecular formula is C14H15FIN3. The van der Waals surface area contributed by atoms with Gasteiger partial charge in [0.05, 0.1) is 9.26 Å². The Balaban J connectivity index is 2.33. The van der Waals surface area contributed by atoms with Crippen molar-refractivity contribution in [2.75, 3.05) is 5.73 Å². The van der Waals surface area contributed by atoms with E-state index < -0.39 is 0 Å². The average Bonchev–Trinajstić information content (AvgIpc) is 2.36. The molecule has 0 fully saturated rings. The first-order valence-corrected chi connectivity index (χ1v) is 7.11. The number of nitrogen functional groups attached to an aromatic ring is 1. The number of anilines is 1. The summed E-state index contributed by atoms with van der Waals surface area (Å²) < 4.78 is 13.8. The molecule has 2 rings (SSSR count). The van der Waals surface area contributed by atoms with Crippen LogP contribution in [-0.4, -0.2) is 9.97 Å². The van der Waals surface area contributed by atoms with Crippen molar-refractivity contribution >= 4 is 28.4 Å². The topological polar surface area (TPSA) is 51.8 Å². The molecule has 2 aromatic rings. The predicted octanol–water partition coefficient (Wildman–Crippen LogP) is 3.52. The zero-order valence-corrected chi connectivity index (χ0v) is 13.0. The van der Waals surface area contributed by atoms with Gasteiger partial charge in [-0.2, -0.15) is 0 Å². The van der Waals surface area contributed by atoms with E-state index in [2.05, 4.69) is 46.4 Å². The molecule has 1 aromatic carbocycles. The molecule has 0 bridgehead atoms. The molecule has 1 heterocycles. The van der Waals surface area contributed by atoms with Crippen molar-refractivity contribution in [2.45, 2.75) is 26.2 Å². The smallest absolute Gasteiger partial charge is 0.140 e. The zero-order chi connectivity index (χ0) is 14.0. The fourth-order valence-corrected chi connectivity index (χ4v) is 2.64. The van der Waals surface area contributed by atoms with Crippen LogP contribution in [0.15, 0.2) is 24.3 Å². The van der Waals surface area contributed by atoms with Crippen LogP contribution in [0.3, 0.4) is 0 Å². The maximum absolute atomic E-state index is 12.9. The van der Waals surface area contributed by atoms with Crippen molar-refractivity contribution in [2.24, 2.45) is 0 Å². The Labute approximate surface area is 125 Å². The molecule has 0 amide bonds. The lowest BCUT2D eigenvalue weighted by atomic mass is 10.1. The quantitative estimate of drug-likeness (QED) is 0.841. The van der Waals surface area contributed by atoms with E-state index in [0.29, 0.717) is 24.0 Å². The summed E-state index contributed by atoms with van der Waals surface area (Å²) in [7, 11) is 0. The van der Waals surface area contributed by atoms with Gasteiger partial charge in [0.15, 0.2) is 0 Å². The maximum Gasteiger partial charge on any atom is 0.140 e. The molecule has 2 N–H and O–H groups in total. The fraction of sp³-hybridized carbons (Fsp3) is 0.286. The minimum absolute atomic E-state index is 0.241. The predicted molar refractivity (Wildman–Crippen MR) is 82.5 cm³/mol. The van der Waals surface area contributed by atoms with Crippen LogP contribution in [0, 0.1) is 9.39 Å². The highest BCUT2D eigenvalue weighted by Crippen LogP contribution is 2.23. The molecule has 3 nitrogen and oxygen atoms in total. The van der Waals surface area contributed by atoms with Gasteiger partial charge in [-0.3, -0.25) is 0 Å². The molecule has 0 spiro atoms. The van der Waals surface area contributed by atoms with Crippen molar-refractivity contribution in [1.29, 1.82) is 0 Å². The van der Waals surface area contributed by atoms with Gasteiger partial charge in [-0.05, 0) is 46.2 Å². The number of benzene rings is 1. The van der Waals surface area contributed by atoms with Gasteiger partial charge in [0.1, 0.15) is 17.5 Å². The second kappa shape index (κ2) is 5.81. The summed E-state index contributed by atoms with van der Waals surface area (Å²) in [5.41, 5.74) is 7.85. The van der Waals surface area contributed by atoms with Crippen LogP contribution in [-0.2, 0) is 6.42 Å². The lowest BCUT2D eigenvalue weighted by Crippen LogP contribution is -2.09. The van der Waals surface area contributed by atoms with E-state index in [-0.39, 0.29) is 5.82 Å². The lowest BCUT2D eigenvalue weighted by Gasteiger charge is -2.11. The third-order valence-corrected chi connectivity index (χ3v) is 3.88. The summed E-state index contributed by atoms with van der Waals surface area (Å²) in [6.07, 6.45) is 0.557. The monoisotopic (exact) mass is 371 g/mol. The summed E-state index contributed by atoms with van der Waals surface area (Å²) in [6, 6.07) is 6.35. The van der Waals surface area contributed by atoms with Crippen molar-refractivity contribution in [3.63, 3.8) is 0 Å². The summed E-state index contributed by atoms with van der Waals surface area (Å²) in [4.78, 5) is 8.86. The van der Waals surface area contributed by atoms with E-state index in [1.165, 1.54) is 12.1 Å². The largest absolute Gasteiger partial charge is 0.383 e. The SMILES string of the molecule is CC(C)c1nc(Cc2ccc(F)cc2)nc(N)c1I. The van der Waals surface area contributed by atoms with Crippen molar-refractivity contribution in [1.82, 2.24) is 9.97 Å². The number of halogens is 2. The van der Waals surface area contributed by atoms with Crippen LogP contribution < -0.4 is 5.73 Å². The Bertz CT molecular complexity index is 582. The van der Waals surface area contributed by atoms with E-state index in [4.69, 9.17) is 5.73 Å². The summed E-state index contributed by atoms with van der Waals surface area (Å²) in [5, 5.41) is 0. The van der Waals surface area contributed by atoms with Gasteiger partial charge in [-0.1, -0.05) is 26.0 Å². The standard InChI is InChI=1S/C14H15FIN3/c1-8(2)13-12(16)14(17)19-11(18-13)7-9-3-5-10(15)6-4-9/h3-6,8H,7H2,1-2H3,(H2,17,18,19). The van der Waals surface area contributed by atoms with Gasteiger partial charge in [-0.15, -0.1) is 0 Å². The van der Waals surface area contributed by atoms with Crippen LogP contribution in [0.5, 0.6) is 0 Å². The van der Waals surface area contributed by atoms with E-state index in [1.807, 2.05) is 0 Å². The molecule has 0 radical (unpaired) electrons. The molecule has 0 aliphatic rings. The highest BCUT2D eigenvalue weighted by Gasteiger charge is 2.13. The Kier molecular flexibility index (Phi) is 4.34. The zero-order valence-electron chi connectivity index (χ0n) is 10.8. The number of hydrogen-bond acceptors (Lipinski definition) is 3. The Morgan fingerprint density at radius 3 is 2.42 bits per heavy atom. The normalized spacial score (nSPS) is 11.0. The average molecular weight is 371 g/mol. The molecule has 5 heteroatoms. The molecule has 0 saturated heterocycles. The summed E-state index contributed by atoms with van der Waals surface area (Å²) in [6.45, 7) is 4.15. The first-order valence-electron chi connectivity index (χ1n) is 6.03. The number of aromatic nitrogens is 2. The molecule has 0 saturated carbocycles. The minimum atomic E-state index is -0.241. The second-order valence-corrected chi connectivity index (χ2v) is 5.76. The molecule has 0 unspecified atom stereocenters. The van der Waals surface area contributed by atoms with Gasteiger partial charge < -0.3 is 5.73 Å². The lowest BCUT2D eigenvalue weighted by molar-refractivity contribution is 0.627. The van der Waals surface area contributed by atoms with Crippen LogP contribution in [0.2, 0.25) is 0 Å². The Morgan fingerprint density at radius 2 is 1.84 bits per heavy atom. The number of nitrogens with two attached hydrogens (primary N) is 1. The van der Waals surface area contributed by atoms with E-state index in [1.54, 1.807) is 12.1 Å². The molecule has 1 aromatic heterocycles. The molecule has 0 aliphatic heterocycles.